The van der Waals surface area contributed by atoms with E-state index in [2.05, 4.69) is 10.0 Å². The highest BCUT2D eigenvalue weighted by Crippen LogP contribution is 2.32. The molecule has 5 N–H and O–H groups in total. The number of anilines is 1. The zero-order chi connectivity index (χ0) is 26.3. The standard InChI is InChI=1S/C25H28N2O8S/c1-34-24-14-18(25(30)31)5-9-20(24)16-3-7-19(8-4-16)35-12-11-26-15-23(29)17-6-10-22(28)21(13-17)27-36(2,32)33/h3-10,13-14,23,26-29H,11-12,15H2,1-2H3,(H,30,31)/t23-/m1/s1. The Kier molecular flexibility index (Phi) is 8.75. The van der Waals surface area contributed by atoms with Gasteiger partial charge in [-0.2, -0.15) is 0 Å². The van der Waals surface area contributed by atoms with Crippen molar-refractivity contribution in [3.63, 3.8) is 0 Å². The molecule has 0 aliphatic rings. The molecule has 0 bridgehead atoms. The first kappa shape index (κ1) is 26.8. The normalized spacial score (nSPS) is 12.1. The summed E-state index contributed by atoms with van der Waals surface area (Å²) in [6.07, 6.45) is 0.0486. The van der Waals surface area contributed by atoms with E-state index in [0.717, 1.165) is 17.4 Å². The van der Waals surface area contributed by atoms with E-state index in [1.54, 1.807) is 18.2 Å². The third-order valence-electron chi connectivity index (χ3n) is 5.20. The van der Waals surface area contributed by atoms with Gasteiger partial charge in [-0.25, -0.2) is 13.2 Å². The van der Waals surface area contributed by atoms with E-state index in [9.17, 15) is 23.4 Å². The predicted molar refractivity (Wildman–Crippen MR) is 135 cm³/mol. The van der Waals surface area contributed by atoms with Crippen LogP contribution in [-0.2, 0) is 10.0 Å². The SMILES string of the molecule is COc1cc(C(=O)O)ccc1-c1ccc(OCCNC[C@@H](O)c2ccc(O)c(NS(C)(=O)=O)c2)cc1. The van der Waals surface area contributed by atoms with Crippen LogP contribution in [0.5, 0.6) is 17.2 Å². The molecule has 3 aromatic rings. The van der Waals surface area contributed by atoms with Crippen molar-refractivity contribution in [1.29, 1.82) is 0 Å². The van der Waals surface area contributed by atoms with E-state index >= 15 is 0 Å². The van der Waals surface area contributed by atoms with Gasteiger partial charge in [-0.05, 0) is 53.6 Å². The quantitative estimate of drug-likeness (QED) is 0.181. The number of sulfonamides is 1. The molecule has 36 heavy (non-hydrogen) atoms. The molecule has 10 nitrogen and oxygen atoms in total. The first-order chi connectivity index (χ1) is 17.1. The average molecular weight is 517 g/mol. The van der Waals surface area contributed by atoms with Gasteiger partial charge in [0.25, 0.3) is 0 Å². The number of carboxylic acid groups (broad SMARTS) is 1. The molecule has 0 heterocycles. The van der Waals surface area contributed by atoms with Crippen LogP contribution in [0.15, 0.2) is 60.7 Å². The maximum absolute atomic E-state index is 11.4. The van der Waals surface area contributed by atoms with Crippen LogP contribution in [0.25, 0.3) is 11.1 Å². The lowest BCUT2D eigenvalue weighted by atomic mass is 10.0. The van der Waals surface area contributed by atoms with Gasteiger partial charge in [0.05, 0.1) is 30.7 Å². The van der Waals surface area contributed by atoms with E-state index in [0.29, 0.717) is 30.2 Å². The Bertz CT molecular complexity index is 1310. The molecular weight excluding hydrogens is 488 g/mol. The van der Waals surface area contributed by atoms with Gasteiger partial charge in [0.1, 0.15) is 23.9 Å². The second kappa shape index (κ2) is 11.8. The minimum atomic E-state index is -3.57. The second-order valence-corrected chi connectivity index (χ2v) is 9.71. The number of nitrogens with one attached hydrogen (secondary N) is 2. The number of aromatic hydroxyl groups is 1. The lowest BCUT2D eigenvalue weighted by molar-refractivity contribution is 0.0696. The molecule has 0 spiro atoms. The number of phenols is 1. The lowest BCUT2D eigenvalue weighted by Crippen LogP contribution is -2.26. The first-order valence-electron chi connectivity index (χ1n) is 10.9. The van der Waals surface area contributed by atoms with Crippen LogP contribution in [-0.4, -0.2) is 62.8 Å². The summed E-state index contributed by atoms with van der Waals surface area (Å²) in [6, 6.07) is 16.2. The van der Waals surface area contributed by atoms with E-state index in [4.69, 9.17) is 14.6 Å². The molecule has 0 unspecified atom stereocenters. The van der Waals surface area contributed by atoms with E-state index in [-0.39, 0.29) is 23.5 Å². The zero-order valence-electron chi connectivity index (χ0n) is 19.8. The van der Waals surface area contributed by atoms with Gasteiger partial charge in [-0.15, -0.1) is 0 Å². The number of aromatic carboxylic acids is 1. The number of rotatable bonds is 12. The number of methoxy groups -OCH3 is 1. The molecule has 1 atom stereocenters. The van der Waals surface area contributed by atoms with Crippen LogP contribution in [0.4, 0.5) is 5.69 Å². The maximum atomic E-state index is 11.4. The topological polar surface area (TPSA) is 154 Å². The van der Waals surface area contributed by atoms with E-state index < -0.39 is 22.1 Å². The van der Waals surface area contributed by atoms with Gasteiger partial charge in [-0.1, -0.05) is 18.2 Å². The van der Waals surface area contributed by atoms with Gasteiger partial charge in [0.15, 0.2) is 0 Å². The minimum absolute atomic E-state index is 0.00345. The Morgan fingerprint density at radius 1 is 1.06 bits per heavy atom. The van der Waals surface area contributed by atoms with Crippen LogP contribution in [0.2, 0.25) is 0 Å². The Labute approximate surface area is 209 Å². The van der Waals surface area contributed by atoms with E-state index in [1.165, 1.54) is 37.4 Å². The molecule has 192 valence electrons. The third-order valence-corrected chi connectivity index (χ3v) is 5.79. The Balaban J connectivity index is 1.50. The van der Waals surface area contributed by atoms with Crippen LogP contribution >= 0.6 is 0 Å². The molecule has 3 aromatic carbocycles. The molecule has 0 amide bonds. The number of ether oxygens (including phenoxy) is 2. The molecule has 0 radical (unpaired) electrons. The average Bonchev–Trinajstić information content (AvgIpc) is 2.84. The number of hydrogen-bond donors (Lipinski definition) is 5. The van der Waals surface area contributed by atoms with Crippen LogP contribution in [0.1, 0.15) is 22.0 Å². The van der Waals surface area contributed by atoms with Gasteiger partial charge < -0.3 is 30.1 Å². The number of benzene rings is 3. The molecule has 0 aromatic heterocycles. The zero-order valence-corrected chi connectivity index (χ0v) is 20.6. The highest BCUT2D eigenvalue weighted by molar-refractivity contribution is 7.92. The highest BCUT2D eigenvalue weighted by atomic mass is 32.2. The van der Waals surface area contributed by atoms with Crippen LogP contribution < -0.4 is 19.5 Å². The lowest BCUT2D eigenvalue weighted by Gasteiger charge is -2.15. The summed E-state index contributed by atoms with van der Waals surface area (Å²) in [4.78, 5) is 11.2. The summed E-state index contributed by atoms with van der Waals surface area (Å²) < 4.78 is 36.1. The van der Waals surface area contributed by atoms with E-state index in [1.807, 2.05) is 12.1 Å². The largest absolute Gasteiger partial charge is 0.506 e. The summed E-state index contributed by atoms with van der Waals surface area (Å²) in [5.41, 5.74) is 2.18. The van der Waals surface area contributed by atoms with Crippen molar-refractivity contribution >= 4 is 21.7 Å². The molecule has 0 aliphatic heterocycles. The summed E-state index contributed by atoms with van der Waals surface area (Å²) in [6.45, 7) is 0.965. The fourth-order valence-electron chi connectivity index (χ4n) is 3.43. The van der Waals surface area contributed by atoms with Crippen molar-refractivity contribution in [2.24, 2.45) is 0 Å². The van der Waals surface area contributed by atoms with Crippen LogP contribution in [0.3, 0.4) is 0 Å². The number of aliphatic hydroxyl groups excluding tert-OH is 1. The Morgan fingerprint density at radius 3 is 2.42 bits per heavy atom. The Morgan fingerprint density at radius 2 is 1.78 bits per heavy atom. The molecule has 0 saturated carbocycles. The van der Waals surface area contributed by atoms with Gasteiger partial charge in [0.2, 0.25) is 10.0 Å². The molecule has 0 saturated heterocycles. The van der Waals surface area contributed by atoms with Crippen molar-refractivity contribution in [1.82, 2.24) is 5.32 Å². The highest BCUT2D eigenvalue weighted by Gasteiger charge is 2.13. The van der Waals surface area contributed by atoms with Crippen molar-refractivity contribution < 1.29 is 38.0 Å². The molecule has 3 rings (SSSR count). The number of hydrogen-bond acceptors (Lipinski definition) is 8. The molecular formula is C25H28N2O8S. The van der Waals surface area contributed by atoms with Gasteiger partial charge in [0, 0.05) is 18.7 Å². The van der Waals surface area contributed by atoms with Crippen molar-refractivity contribution in [2.75, 3.05) is 37.8 Å². The number of carbonyl (C=O) groups is 1. The van der Waals surface area contributed by atoms with Crippen molar-refractivity contribution in [3.05, 3.63) is 71.8 Å². The fraction of sp³-hybridized carbons (Fsp3) is 0.240. The molecule has 0 fully saturated rings. The molecule has 11 heteroatoms. The Hall–Kier alpha value is -3.80. The predicted octanol–water partition coefficient (Wildman–Crippen LogP) is 2.84. The summed E-state index contributed by atoms with van der Waals surface area (Å²) in [5.74, 6) is -0.169. The first-order valence-corrected chi connectivity index (χ1v) is 12.8. The minimum Gasteiger partial charge on any atom is -0.506 e. The fourth-order valence-corrected chi connectivity index (χ4v) is 4.00. The smallest absolute Gasteiger partial charge is 0.335 e. The number of carboxylic acids is 1. The van der Waals surface area contributed by atoms with Gasteiger partial charge >= 0.3 is 5.97 Å². The summed E-state index contributed by atoms with van der Waals surface area (Å²) in [7, 11) is -2.09. The number of phenolic OH excluding ortho intramolecular Hbond substituents is 1. The third kappa shape index (κ3) is 7.35. The van der Waals surface area contributed by atoms with Crippen molar-refractivity contribution in [2.45, 2.75) is 6.10 Å². The van der Waals surface area contributed by atoms with Crippen LogP contribution in [0, 0.1) is 0 Å². The monoisotopic (exact) mass is 516 g/mol. The molecule has 0 aliphatic carbocycles. The maximum Gasteiger partial charge on any atom is 0.335 e. The second-order valence-electron chi connectivity index (χ2n) is 7.96. The van der Waals surface area contributed by atoms with Gasteiger partial charge in [-0.3, -0.25) is 4.72 Å². The summed E-state index contributed by atoms with van der Waals surface area (Å²) in [5, 5.41) is 32.4. The van der Waals surface area contributed by atoms with Crippen molar-refractivity contribution in [3.8, 4) is 28.4 Å². The summed E-state index contributed by atoms with van der Waals surface area (Å²) >= 11 is 0. The number of aliphatic hydroxyl groups is 1.